The van der Waals surface area contributed by atoms with Crippen LogP contribution >= 0.6 is 0 Å². The van der Waals surface area contributed by atoms with Gasteiger partial charge in [0.1, 0.15) is 5.82 Å². The smallest absolute Gasteiger partial charge is 0.331 e. The van der Waals surface area contributed by atoms with Crippen LogP contribution in [0, 0.1) is 5.82 Å². The second kappa shape index (κ2) is 7.89. The molecule has 5 heteroatoms. The lowest BCUT2D eigenvalue weighted by atomic mass is 10.2. The number of para-hydroxylation sites is 1. The van der Waals surface area contributed by atoms with Crippen molar-refractivity contribution in [1.82, 2.24) is 0 Å². The van der Waals surface area contributed by atoms with Gasteiger partial charge >= 0.3 is 5.97 Å². The number of carbonyl (C=O) groups is 2. The molecule has 0 aliphatic rings. The van der Waals surface area contributed by atoms with E-state index in [4.69, 9.17) is 4.74 Å². The Labute approximate surface area is 133 Å². The highest BCUT2D eigenvalue weighted by atomic mass is 19.1. The van der Waals surface area contributed by atoms with E-state index in [2.05, 4.69) is 5.32 Å². The standard InChI is InChI=1S/C18H16FNO3/c1-13(18(22)20-16-8-3-2-4-9-16)23-17(21)11-10-14-6-5-7-15(19)12-14/h2-13H,1H3,(H,20,22)/b11-10+/t13-/m1/s1. The fourth-order valence-corrected chi connectivity index (χ4v) is 1.81. The zero-order valence-electron chi connectivity index (χ0n) is 12.5. The Morgan fingerprint density at radius 3 is 2.57 bits per heavy atom. The Morgan fingerprint density at radius 1 is 1.13 bits per heavy atom. The summed E-state index contributed by atoms with van der Waals surface area (Å²) < 4.78 is 18.0. The predicted molar refractivity (Wildman–Crippen MR) is 86.1 cm³/mol. The van der Waals surface area contributed by atoms with Crippen molar-refractivity contribution >= 4 is 23.6 Å². The maximum atomic E-state index is 13.0. The second-order valence-electron chi connectivity index (χ2n) is 4.82. The van der Waals surface area contributed by atoms with E-state index in [1.54, 1.807) is 30.3 Å². The Balaban J connectivity index is 1.88. The van der Waals surface area contributed by atoms with Gasteiger partial charge in [0.25, 0.3) is 5.91 Å². The van der Waals surface area contributed by atoms with E-state index < -0.39 is 23.8 Å². The molecule has 0 aliphatic heterocycles. The van der Waals surface area contributed by atoms with Crippen molar-refractivity contribution in [2.75, 3.05) is 5.32 Å². The van der Waals surface area contributed by atoms with Crippen LogP contribution in [0.5, 0.6) is 0 Å². The number of rotatable bonds is 5. The van der Waals surface area contributed by atoms with Crippen LogP contribution in [-0.4, -0.2) is 18.0 Å². The number of nitrogens with one attached hydrogen (secondary N) is 1. The highest BCUT2D eigenvalue weighted by Crippen LogP contribution is 2.08. The molecule has 0 fully saturated rings. The topological polar surface area (TPSA) is 55.4 Å². The molecule has 0 aliphatic carbocycles. The minimum absolute atomic E-state index is 0.392. The number of esters is 1. The molecular weight excluding hydrogens is 297 g/mol. The zero-order chi connectivity index (χ0) is 16.7. The number of benzene rings is 2. The highest BCUT2D eigenvalue weighted by Gasteiger charge is 2.16. The van der Waals surface area contributed by atoms with Gasteiger partial charge in [0, 0.05) is 11.8 Å². The van der Waals surface area contributed by atoms with Crippen LogP contribution in [0.25, 0.3) is 6.08 Å². The Kier molecular flexibility index (Phi) is 5.63. The van der Waals surface area contributed by atoms with Crippen LogP contribution in [0.3, 0.4) is 0 Å². The largest absolute Gasteiger partial charge is 0.449 e. The van der Waals surface area contributed by atoms with E-state index >= 15 is 0 Å². The van der Waals surface area contributed by atoms with Crippen molar-refractivity contribution in [3.05, 3.63) is 72.1 Å². The minimum Gasteiger partial charge on any atom is -0.449 e. The molecule has 1 atom stereocenters. The Hall–Kier alpha value is -2.95. The Morgan fingerprint density at radius 2 is 1.87 bits per heavy atom. The van der Waals surface area contributed by atoms with Crippen molar-refractivity contribution in [2.45, 2.75) is 13.0 Å². The molecule has 2 rings (SSSR count). The van der Waals surface area contributed by atoms with Crippen molar-refractivity contribution in [3.8, 4) is 0 Å². The average molecular weight is 313 g/mol. The molecule has 118 valence electrons. The third-order valence-corrected chi connectivity index (χ3v) is 2.96. The number of ether oxygens (including phenoxy) is 1. The second-order valence-corrected chi connectivity index (χ2v) is 4.82. The lowest BCUT2D eigenvalue weighted by Gasteiger charge is -2.12. The molecule has 2 aromatic rings. The molecule has 0 saturated heterocycles. The quantitative estimate of drug-likeness (QED) is 0.680. The summed E-state index contributed by atoms with van der Waals surface area (Å²) in [7, 11) is 0. The monoisotopic (exact) mass is 313 g/mol. The van der Waals surface area contributed by atoms with E-state index in [1.165, 1.54) is 31.2 Å². The number of hydrogen-bond donors (Lipinski definition) is 1. The van der Waals surface area contributed by atoms with Gasteiger partial charge in [-0.25, -0.2) is 9.18 Å². The van der Waals surface area contributed by atoms with Crippen molar-refractivity contribution < 1.29 is 18.7 Å². The molecule has 4 nitrogen and oxygen atoms in total. The fourth-order valence-electron chi connectivity index (χ4n) is 1.81. The predicted octanol–water partition coefficient (Wildman–Crippen LogP) is 3.41. The third-order valence-electron chi connectivity index (χ3n) is 2.96. The van der Waals surface area contributed by atoms with Gasteiger partial charge in [-0.15, -0.1) is 0 Å². The SMILES string of the molecule is C[C@@H](OC(=O)/C=C/c1cccc(F)c1)C(=O)Nc1ccccc1. The van der Waals surface area contributed by atoms with Gasteiger partial charge in [-0.05, 0) is 42.8 Å². The van der Waals surface area contributed by atoms with Crippen LogP contribution in [0.2, 0.25) is 0 Å². The number of carbonyl (C=O) groups excluding carboxylic acids is 2. The van der Waals surface area contributed by atoms with Crippen molar-refractivity contribution in [2.24, 2.45) is 0 Å². The van der Waals surface area contributed by atoms with E-state index in [0.717, 1.165) is 6.08 Å². The van der Waals surface area contributed by atoms with Crippen LogP contribution in [0.1, 0.15) is 12.5 Å². The molecular formula is C18H16FNO3. The first-order valence-electron chi connectivity index (χ1n) is 7.05. The minimum atomic E-state index is -0.945. The molecule has 0 bridgehead atoms. The first-order valence-corrected chi connectivity index (χ1v) is 7.05. The summed E-state index contributed by atoms with van der Waals surface area (Å²) in [5.41, 5.74) is 1.15. The molecule has 0 unspecified atom stereocenters. The maximum Gasteiger partial charge on any atom is 0.331 e. The van der Waals surface area contributed by atoms with E-state index in [9.17, 15) is 14.0 Å². The van der Waals surface area contributed by atoms with E-state index in [-0.39, 0.29) is 0 Å². The normalized spacial score (nSPS) is 11.9. The molecule has 0 radical (unpaired) electrons. The summed E-state index contributed by atoms with van der Waals surface area (Å²) in [6, 6.07) is 14.7. The fraction of sp³-hybridized carbons (Fsp3) is 0.111. The van der Waals surface area contributed by atoms with Gasteiger partial charge in [-0.3, -0.25) is 4.79 Å². The maximum absolute atomic E-state index is 13.0. The molecule has 0 aromatic heterocycles. The number of hydrogen-bond acceptors (Lipinski definition) is 3. The summed E-state index contributed by atoms with van der Waals surface area (Å²) in [5.74, 6) is -1.50. The van der Waals surface area contributed by atoms with Gasteiger partial charge in [0.15, 0.2) is 6.10 Å². The summed E-state index contributed by atoms with van der Waals surface area (Å²) in [6.07, 6.45) is 1.63. The molecule has 23 heavy (non-hydrogen) atoms. The van der Waals surface area contributed by atoms with Gasteiger partial charge in [-0.2, -0.15) is 0 Å². The van der Waals surface area contributed by atoms with Crippen molar-refractivity contribution in [3.63, 3.8) is 0 Å². The summed E-state index contributed by atoms with van der Waals surface area (Å²) in [4.78, 5) is 23.6. The summed E-state index contributed by atoms with van der Waals surface area (Å²) in [5, 5.41) is 2.64. The average Bonchev–Trinajstić information content (AvgIpc) is 2.54. The lowest BCUT2D eigenvalue weighted by Crippen LogP contribution is -2.29. The van der Waals surface area contributed by atoms with E-state index in [0.29, 0.717) is 11.3 Å². The van der Waals surface area contributed by atoms with Gasteiger partial charge in [0.2, 0.25) is 0 Å². The molecule has 0 spiro atoms. The third kappa shape index (κ3) is 5.39. The number of amides is 1. The van der Waals surface area contributed by atoms with Crippen LogP contribution < -0.4 is 5.32 Å². The summed E-state index contributed by atoms with van der Waals surface area (Å²) in [6.45, 7) is 1.48. The molecule has 0 saturated carbocycles. The zero-order valence-corrected chi connectivity index (χ0v) is 12.5. The number of halogens is 1. The first kappa shape index (κ1) is 16.4. The van der Waals surface area contributed by atoms with Crippen molar-refractivity contribution in [1.29, 1.82) is 0 Å². The van der Waals surface area contributed by atoms with Gasteiger partial charge in [0.05, 0.1) is 0 Å². The van der Waals surface area contributed by atoms with Crippen LogP contribution in [0.4, 0.5) is 10.1 Å². The molecule has 2 aromatic carbocycles. The van der Waals surface area contributed by atoms with Crippen LogP contribution in [0.15, 0.2) is 60.7 Å². The van der Waals surface area contributed by atoms with Gasteiger partial charge in [-0.1, -0.05) is 30.3 Å². The lowest BCUT2D eigenvalue weighted by molar-refractivity contribution is -0.148. The Bertz CT molecular complexity index is 713. The molecule has 0 heterocycles. The molecule has 1 amide bonds. The summed E-state index contributed by atoms with van der Waals surface area (Å²) >= 11 is 0. The first-order chi connectivity index (χ1) is 11.0. The van der Waals surface area contributed by atoms with Gasteiger partial charge < -0.3 is 10.1 Å². The number of anilines is 1. The van der Waals surface area contributed by atoms with E-state index in [1.807, 2.05) is 6.07 Å². The molecule has 1 N–H and O–H groups in total. The van der Waals surface area contributed by atoms with Crippen LogP contribution in [-0.2, 0) is 14.3 Å². The highest BCUT2D eigenvalue weighted by molar-refractivity contribution is 5.96.